The lowest BCUT2D eigenvalue weighted by Crippen LogP contribution is -1.93. The maximum atomic E-state index is 13.5. The summed E-state index contributed by atoms with van der Waals surface area (Å²) in [5.74, 6) is 0.182. The summed E-state index contributed by atoms with van der Waals surface area (Å²) >= 11 is 3.20. The maximum absolute atomic E-state index is 13.5. The van der Waals surface area contributed by atoms with Crippen molar-refractivity contribution in [2.75, 3.05) is 0 Å². The second kappa shape index (κ2) is 4.69. The summed E-state index contributed by atoms with van der Waals surface area (Å²) in [7, 11) is 0. The summed E-state index contributed by atoms with van der Waals surface area (Å²) < 4.78 is 19.6. The zero-order valence-electron chi connectivity index (χ0n) is 9.62. The van der Waals surface area contributed by atoms with Gasteiger partial charge in [-0.3, -0.25) is 0 Å². The number of aromatic nitrogens is 1. The Balaban J connectivity index is 1.90. The average molecular weight is 308 g/mol. The van der Waals surface area contributed by atoms with E-state index in [1.807, 2.05) is 18.2 Å². The molecule has 0 N–H and O–H groups in total. The van der Waals surface area contributed by atoms with Crippen LogP contribution in [0.25, 0.3) is 0 Å². The van der Waals surface area contributed by atoms with Crippen LogP contribution < -0.4 is 4.74 Å². The van der Waals surface area contributed by atoms with E-state index in [0.29, 0.717) is 10.4 Å². The number of nitrogens with zero attached hydrogens (tertiary/aromatic N) is 1. The third-order valence-electron chi connectivity index (χ3n) is 3.06. The van der Waals surface area contributed by atoms with Crippen molar-refractivity contribution in [1.29, 1.82) is 0 Å². The molecule has 2 nitrogen and oxygen atoms in total. The summed E-state index contributed by atoms with van der Waals surface area (Å²) in [6, 6.07) is 8.77. The second-order valence-corrected chi connectivity index (χ2v) is 5.12. The lowest BCUT2D eigenvalue weighted by atomic mass is 10.1. The molecule has 0 unspecified atom stereocenters. The second-order valence-electron chi connectivity index (χ2n) is 4.31. The Morgan fingerprint density at radius 3 is 2.83 bits per heavy atom. The highest BCUT2D eigenvalue weighted by atomic mass is 79.9. The van der Waals surface area contributed by atoms with Gasteiger partial charge >= 0.3 is 0 Å². The lowest BCUT2D eigenvalue weighted by Gasteiger charge is -2.07. The number of hydrogen-bond acceptors (Lipinski definition) is 2. The van der Waals surface area contributed by atoms with Crippen LogP contribution >= 0.6 is 15.9 Å². The molecule has 2 aromatic rings. The van der Waals surface area contributed by atoms with Gasteiger partial charge in [0.25, 0.3) is 5.88 Å². The molecule has 0 radical (unpaired) electrons. The molecule has 0 amide bonds. The highest BCUT2D eigenvalue weighted by molar-refractivity contribution is 9.10. The van der Waals surface area contributed by atoms with Crippen LogP contribution in [-0.2, 0) is 12.8 Å². The predicted octanol–water partition coefficient (Wildman–Crippen LogP) is 4.26. The van der Waals surface area contributed by atoms with Gasteiger partial charge in [0.15, 0.2) is 5.82 Å². The van der Waals surface area contributed by atoms with Gasteiger partial charge in [-0.25, -0.2) is 9.37 Å². The Labute approximate surface area is 113 Å². The van der Waals surface area contributed by atoms with Crippen molar-refractivity contribution in [3.05, 3.63) is 51.9 Å². The van der Waals surface area contributed by atoms with Gasteiger partial charge in [0, 0.05) is 0 Å². The smallest absolute Gasteiger partial charge is 0.256 e. The molecule has 1 aliphatic rings. The largest absolute Gasteiger partial charge is 0.436 e. The van der Waals surface area contributed by atoms with Crippen molar-refractivity contribution >= 4 is 15.9 Å². The van der Waals surface area contributed by atoms with E-state index < -0.39 is 5.82 Å². The number of benzene rings is 1. The van der Waals surface area contributed by atoms with E-state index in [0.717, 1.165) is 12.8 Å². The van der Waals surface area contributed by atoms with E-state index >= 15 is 0 Å². The van der Waals surface area contributed by atoms with Gasteiger partial charge in [-0.2, -0.15) is 0 Å². The molecule has 1 heterocycles. The standard InChI is InChI=1S/C14H11BrFNO/c15-13-7-6-12(16)14(17-13)18-11-5-4-9-2-1-3-10(9)8-11/h4-8H,1-3H2. The molecule has 0 saturated heterocycles. The van der Waals surface area contributed by atoms with E-state index in [1.165, 1.54) is 23.6 Å². The summed E-state index contributed by atoms with van der Waals surface area (Å²) in [4.78, 5) is 3.98. The molecule has 1 aromatic heterocycles. The quantitative estimate of drug-likeness (QED) is 0.773. The maximum Gasteiger partial charge on any atom is 0.256 e. The van der Waals surface area contributed by atoms with Gasteiger partial charge in [-0.1, -0.05) is 6.07 Å². The minimum absolute atomic E-state index is 0.00215. The first-order valence-corrected chi connectivity index (χ1v) is 6.63. The van der Waals surface area contributed by atoms with E-state index in [-0.39, 0.29) is 5.88 Å². The molecule has 18 heavy (non-hydrogen) atoms. The molecule has 4 heteroatoms. The Morgan fingerprint density at radius 1 is 1.11 bits per heavy atom. The summed E-state index contributed by atoms with van der Waals surface area (Å²) in [6.07, 6.45) is 3.38. The fourth-order valence-corrected chi connectivity index (χ4v) is 2.49. The van der Waals surface area contributed by atoms with Crippen LogP contribution in [0.5, 0.6) is 11.6 Å². The molecule has 0 spiro atoms. The highest BCUT2D eigenvalue weighted by Crippen LogP contribution is 2.29. The minimum Gasteiger partial charge on any atom is -0.436 e. The number of hydrogen-bond donors (Lipinski definition) is 0. The Bertz CT molecular complexity index is 600. The molecule has 1 aliphatic carbocycles. The van der Waals surface area contributed by atoms with Crippen molar-refractivity contribution in [2.45, 2.75) is 19.3 Å². The summed E-state index contributed by atoms with van der Waals surface area (Å²) in [5, 5.41) is 0. The molecule has 0 bridgehead atoms. The number of fused-ring (bicyclic) bond motifs is 1. The molecular weight excluding hydrogens is 297 g/mol. The molecule has 92 valence electrons. The van der Waals surface area contributed by atoms with Crippen LogP contribution in [0.2, 0.25) is 0 Å². The molecule has 0 atom stereocenters. The number of pyridine rings is 1. The molecule has 0 aliphatic heterocycles. The lowest BCUT2D eigenvalue weighted by molar-refractivity contribution is 0.421. The molecular formula is C14H11BrFNO. The van der Waals surface area contributed by atoms with Crippen LogP contribution in [0.1, 0.15) is 17.5 Å². The van der Waals surface area contributed by atoms with Gasteiger partial charge in [0.2, 0.25) is 0 Å². The fourth-order valence-electron chi connectivity index (χ4n) is 2.20. The minimum atomic E-state index is -0.460. The van der Waals surface area contributed by atoms with Crippen LogP contribution in [0.4, 0.5) is 4.39 Å². The number of rotatable bonds is 2. The molecule has 0 saturated carbocycles. The SMILES string of the molecule is Fc1ccc(Br)nc1Oc1ccc2c(c1)CCC2. The Kier molecular flexibility index (Phi) is 3.04. The number of halogens is 2. The fraction of sp³-hybridized carbons (Fsp3) is 0.214. The molecule has 0 fully saturated rings. The number of aryl methyl sites for hydroxylation is 2. The highest BCUT2D eigenvalue weighted by Gasteiger charge is 2.13. The van der Waals surface area contributed by atoms with Gasteiger partial charge < -0.3 is 4.74 Å². The van der Waals surface area contributed by atoms with E-state index in [9.17, 15) is 4.39 Å². The first-order chi connectivity index (χ1) is 8.72. The van der Waals surface area contributed by atoms with Crippen LogP contribution in [-0.4, -0.2) is 4.98 Å². The third kappa shape index (κ3) is 2.25. The van der Waals surface area contributed by atoms with Crippen LogP contribution in [0, 0.1) is 5.82 Å². The monoisotopic (exact) mass is 307 g/mol. The average Bonchev–Trinajstić information content (AvgIpc) is 2.81. The van der Waals surface area contributed by atoms with Crippen molar-refractivity contribution < 1.29 is 9.13 Å². The normalized spacial score (nSPS) is 13.4. The zero-order chi connectivity index (χ0) is 12.5. The van der Waals surface area contributed by atoms with Crippen LogP contribution in [0.15, 0.2) is 34.9 Å². The predicted molar refractivity (Wildman–Crippen MR) is 70.4 cm³/mol. The van der Waals surface area contributed by atoms with Crippen molar-refractivity contribution in [3.8, 4) is 11.6 Å². The van der Waals surface area contributed by atoms with Gasteiger partial charge in [0.05, 0.1) is 0 Å². The topological polar surface area (TPSA) is 22.1 Å². The first-order valence-electron chi connectivity index (χ1n) is 5.84. The Hall–Kier alpha value is -1.42. The summed E-state index contributed by atoms with van der Waals surface area (Å²) in [5.41, 5.74) is 2.66. The Morgan fingerprint density at radius 2 is 1.94 bits per heavy atom. The number of ether oxygens (including phenoxy) is 1. The zero-order valence-corrected chi connectivity index (χ0v) is 11.2. The third-order valence-corrected chi connectivity index (χ3v) is 3.51. The van der Waals surface area contributed by atoms with E-state index in [2.05, 4.69) is 20.9 Å². The summed E-state index contributed by atoms with van der Waals surface area (Å²) in [6.45, 7) is 0. The first kappa shape index (κ1) is 11.7. The van der Waals surface area contributed by atoms with Gasteiger partial charge in [-0.05, 0) is 70.6 Å². The molecule has 1 aromatic carbocycles. The van der Waals surface area contributed by atoms with E-state index in [4.69, 9.17) is 4.74 Å². The molecule has 3 rings (SSSR count). The van der Waals surface area contributed by atoms with Gasteiger partial charge in [0.1, 0.15) is 10.4 Å². The van der Waals surface area contributed by atoms with Crippen LogP contribution in [0.3, 0.4) is 0 Å². The van der Waals surface area contributed by atoms with E-state index in [1.54, 1.807) is 6.07 Å². The van der Waals surface area contributed by atoms with Gasteiger partial charge in [-0.15, -0.1) is 0 Å². The van der Waals surface area contributed by atoms with Crippen molar-refractivity contribution in [3.63, 3.8) is 0 Å². The van der Waals surface area contributed by atoms with Crippen molar-refractivity contribution in [2.24, 2.45) is 0 Å². The van der Waals surface area contributed by atoms with Crippen molar-refractivity contribution in [1.82, 2.24) is 4.98 Å².